The van der Waals surface area contributed by atoms with Crippen LogP contribution in [-0.2, 0) is 9.59 Å². The van der Waals surface area contributed by atoms with Gasteiger partial charge in [0, 0.05) is 26.6 Å². The summed E-state index contributed by atoms with van der Waals surface area (Å²) in [6.45, 7) is 4.51. The lowest BCUT2D eigenvalue weighted by Gasteiger charge is -2.26. The number of carbonyl (C=O) groups is 2. The molecule has 2 amide bonds. The molecule has 2 N–H and O–H groups in total. The lowest BCUT2D eigenvalue weighted by Crippen LogP contribution is -2.44. The van der Waals surface area contributed by atoms with Crippen LogP contribution in [0.5, 0.6) is 0 Å². The van der Waals surface area contributed by atoms with Crippen molar-refractivity contribution in [2.45, 2.75) is 38.7 Å². The maximum Gasteiger partial charge on any atom is 0.225 e. The molecule has 1 rings (SSSR count). The Kier molecular flexibility index (Phi) is 4.51. The predicted octanol–water partition coefficient (Wildman–Crippen LogP) is 0.132. The largest absolute Gasteiger partial charge is 0.388 e. The molecule has 1 atom stereocenters. The first-order chi connectivity index (χ1) is 7.91. The Morgan fingerprint density at radius 1 is 1.53 bits per heavy atom. The number of nitrogens with one attached hydrogen (secondary N) is 1. The van der Waals surface area contributed by atoms with E-state index in [9.17, 15) is 14.7 Å². The fraction of sp³-hybridized carbons (Fsp3) is 0.833. The van der Waals surface area contributed by atoms with Crippen molar-refractivity contribution in [1.29, 1.82) is 0 Å². The molecule has 5 heteroatoms. The SMILES string of the molecule is CCC(O)(CC)CNC(=O)C1CC(=O)N(C)C1. The van der Waals surface area contributed by atoms with Gasteiger partial charge in [0.05, 0.1) is 11.5 Å². The fourth-order valence-corrected chi connectivity index (χ4v) is 1.94. The first-order valence-corrected chi connectivity index (χ1v) is 6.16. The quantitative estimate of drug-likeness (QED) is 0.720. The Morgan fingerprint density at radius 2 is 2.12 bits per heavy atom. The summed E-state index contributed by atoms with van der Waals surface area (Å²) >= 11 is 0. The maximum atomic E-state index is 11.8. The molecule has 17 heavy (non-hydrogen) atoms. The number of rotatable bonds is 5. The van der Waals surface area contributed by atoms with Gasteiger partial charge in [0.15, 0.2) is 0 Å². The van der Waals surface area contributed by atoms with Gasteiger partial charge in [0.25, 0.3) is 0 Å². The molecule has 1 fully saturated rings. The van der Waals surface area contributed by atoms with Crippen molar-refractivity contribution in [2.24, 2.45) is 5.92 Å². The van der Waals surface area contributed by atoms with E-state index in [2.05, 4.69) is 5.32 Å². The van der Waals surface area contributed by atoms with Crippen LogP contribution in [-0.4, -0.2) is 47.6 Å². The predicted molar refractivity (Wildman–Crippen MR) is 64.3 cm³/mol. The summed E-state index contributed by atoms with van der Waals surface area (Å²) in [4.78, 5) is 24.7. The highest BCUT2D eigenvalue weighted by atomic mass is 16.3. The molecule has 0 aromatic carbocycles. The van der Waals surface area contributed by atoms with Crippen LogP contribution < -0.4 is 5.32 Å². The highest BCUT2D eigenvalue weighted by Crippen LogP contribution is 2.17. The van der Waals surface area contributed by atoms with E-state index in [4.69, 9.17) is 0 Å². The highest BCUT2D eigenvalue weighted by Gasteiger charge is 2.33. The normalized spacial score (nSPS) is 20.8. The highest BCUT2D eigenvalue weighted by molar-refractivity contribution is 5.89. The number of hydrogen-bond donors (Lipinski definition) is 2. The van der Waals surface area contributed by atoms with Crippen molar-refractivity contribution in [2.75, 3.05) is 20.1 Å². The van der Waals surface area contributed by atoms with Gasteiger partial charge in [-0.3, -0.25) is 9.59 Å². The lowest BCUT2D eigenvalue weighted by atomic mass is 9.97. The van der Waals surface area contributed by atoms with Crippen LogP contribution in [0, 0.1) is 5.92 Å². The molecule has 1 aliphatic heterocycles. The van der Waals surface area contributed by atoms with Crippen LogP contribution in [0.15, 0.2) is 0 Å². The van der Waals surface area contributed by atoms with E-state index in [1.807, 2.05) is 13.8 Å². The van der Waals surface area contributed by atoms with Crippen molar-refractivity contribution < 1.29 is 14.7 Å². The van der Waals surface area contributed by atoms with Crippen molar-refractivity contribution in [3.8, 4) is 0 Å². The van der Waals surface area contributed by atoms with Crippen LogP contribution in [0.3, 0.4) is 0 Å². The molecular weight excluding hydrogens is 220 g/mol. The third-order valence-electron chi connectivity index (χ3n) is 3.62. The Balaban J connectivity index is 2.43. The summed E-state index contributed by atoms with van der Waals surface area (Å²) in [5, 5.41) is 12.8. The molecule has 0 aromatic rings. The minimum Gasteiger partial charge on any atom is -0.388 e. The van der Waals surface area contributed by atoms with E-state index in [-0.39, 0.29) is 30.7 Å². The van der Waals surface area contributed by atoms with Gasteiger partial charge in [0.1, 0.15) is 0 Å². The molecule has 0 radical (unpaired) electrons. The Labute approximate surface area is 102 Å². The number of hydrogen-bond acceptors (Lipinski definition) is 3. The van der Waals surface area contributed by atoms with E-state index < -0.39 is 5.60 Å². The molecule has 1 saturated heterocycles. The van der Waals surface area contributed by atoms with Crippen molar-refractivity contribution >= 4 is 11.8 Å². The molecule has 0 aliphatic carbocycles. The van der Waals surface area contributed by atoms with Crippen molar-refractivity contribution in [3.05, 3.63) is 0 Å². The van der Waals surface area contributed by atoms with E-state index in [1.54, 1.807) is 11.9 Å². The molecule has 5 nitrogen and oxygen atoms in total. The Bertz CT molecular complexity index is 300. The van der Waals surface area contributed by atoms with Gasteiger partial charge >= 0.3 is 0 Å². The average Bonchev–Trinajstić information content (AvgIpc) is 2.66. The molecule has 1 unspecified atom stereocenters. The standard InChI is InChI=1S/C12H22N2O3/c1-4-12(17,5-2)8-13-11(16)9-6-10(15)14(3)7-9/h9,17H,4-8H2,1-3H3,(H,13,16). The van der Waals surface area contributed by atoms with E-state index in [0.29, 0.717) is 19.4 Å². The second-order valence-electron chi connectivity index (χ2n) is 4.82. The summed E-state index contributed by atoms with van der Waals surface area (Å²) in [7, 11) is 1.70. The third-order valence-corrected chi connectivity index (χ3v) is 3.62. The number of carbonyl (C=O) groups excluding carboxylic acids is 2. The number of likely N-dealkylation sites (tertiary alicyclic amines) is 1. The monoisotopic (exact) mass is 242 g/mol. The van der Waals surface area contributed by atoms with Gasteiger partial charge in [-0.15, -0.1) is 0 Å². The second kappa shape index (κ2) is 5.49. The fourth-order valence-electron chi connectivity index (χ4n) is 1.94. The Morgan fingerprint density at radius 3 is 2.53 bits per heavy atom. The van der Waals surface area contributed by atoms with Crippen LogP contribution in [0.25, 0.3) is 0 Å². The van der Waals surface area contributed by atoms with Gasteiger partial charge < -0.3 is 15.3 Å². The van der Waals surface area contributed by atoms with Gasteiger partial charge in [-0.05, 0) is 12.8 Å². The van der Waals surface area contributed by atoms with E-state index >= 15 is 0 Å². The Hall–Kier alpha value is -1.10. The topological polar surface area (TPSA) is 69.6 Å². The molecule has 0 saturated carbocycles. The first-order valence-electron chi connectivity index (χ1n) is 6.16. The van der Waals surface area contributed by atoms with Crippen LogP contribution in [0.4, 0.5) is 0 Å². The van der Waals surface area contributed by atoms with Gasteiger partial charge in [-0.25, -0.2) is 0 Å². The molecule has 98 valence electrons. The second-order valence-corrected chi connectivity index (χ2v) is 4.82. The minimum absolute atomic E-state index is 0.00592. The summed E-state index contributed by atoms with van der Waals surface area (Å²) in [5.74, 6) is -0.403. The molecular formula is C12H22N2O3. The molecule has 0 bridgehead atoms. The molecule has 1 heterocycles. The van der Waals surface area contributed by atoms with Crippen molar-refractivity contribution in [3.63, 3.8) is 0 Å². The third kappa shape index (κ3) is 3.43. The summed E-state index contributed by atoms with van der Waals surface area (Å²) < 4.78 is 0. The van der Waals surface area contributed by atoms with Gasteiger partial charge in [-0.1, -0.05) is 13.8 Å². The maximum absolute atomic E-state index is 11.8. The van der Waals surface area contributed by atoms with E-state index in [0.717, 1.165) is 0 Å². The van der Waals surface area contributed by atoms with Gasteiger partial charge in [-0.2, -0.15) is 0 Å². The smallest absolute Gasteiger partial charge is 0.225 e. The summed E-state index contributed by atoms with van der Waals surface area (Å²) in [6, 6.07) is 0. The summed E-state index contributed by atoms with van der Waals surface area (Å²) in [6.07, 6.45) is 1.49. The van der Waals surface area contributed by atoms with Crippen LogP contribution in [0.1, 0.15) is 33.1 Å². The summed E-state index contributed by atoms with van der Waals surface area (Å²) in [5.41, 5.74) is -0.829. The van der Waals surface area contributed by atoms with Gasteiger partial charge in [0.2, 0.25) is 11.8 Å². The molecule has 1 aliphatic rings. The zero-order chi connectivity index (χ0) is 13.1. The number of aliphatic hydroxyl groups is 1. The first kappa shape index (κ1) is 14.0. The number of nitrogens with zero attached hydrogens (tertiary/aromatic N) is 1. The molecule has 0 spiro atoms. The lowest BCUT2D eigenvalue weighted by molar-refractivity contribution is -0.128. The van der Waals surface area contributed by atoms with Crippen LogP contribution in [0.2, 0.25) is 0 Å². The zero-order valence-corrected chi connectivity index (χ0v) is 10.8. The van der Waals surface area contributed by atoms with Crippen LogP contribution >= 0.6 is 0 Å². The average molecular weight is 242 g/mol. The number of amides is 2. The van der Waals surface area contributed by atoms with E-state index in [1.165, 1.54) is 0 Å². The van der Waals surface area contributed by atoms with Crippen molar-refractivity contribution in [1.82, 2.24) is 10.2 Å². The zero-order valence-electron chi connectivity index (χ0n) is 10.8. The molecule has 0 aromatic heterocycles. The minimum atomic E-state index is -0.829.